The largest absolute Gasteiger partial charge is 0.399 e. The molecule has 1 nitrogen and oxygen atoms in total. The monoisotopic (exact) mass is 461 g/mol. The molecule has 0 aliphatic heterocycles. The van der Waals surface area contributed by atoms with E-state index in [1.165, 1.54) is 30.3 Å². The molecule has 0 N–H and O–H groups in total. The summed E-state index contributed by atoms with van der Waals surface area (Å²) in [4.78, 5) is 1.31. The number of anilines is 1. The number of hydrogen-bond donors (Lipinski definition) is 0. The summed E-state index contributed by atoms with van der Waals surface area (Å²) >= 11 is 6.02. The van der Waals surface area contributed by atoms with E-state index in [1.807, 2.05) is 0 Å². The van der Waals surface area contributed by atoms with Gasteiger partial charge in [0, 0.05) is 35.8 Å². The molecule has 0 aliphatic carbocycles. The highest BCUT2D eigenvalue weighted by molar-refractivity contribution is 6.31. The van der Waals surface area contributed by atoms with Crippen LogP contribution < -0.4 is 4.90 Å². The van der Waals surface area contributed by atoms with Crippen molar-refractivity contribution < 1.29 is 26.3 Å². The van der Waals surface area contributed by atoms with Crippen LogP contribution >= 0.6 is 11.6 Å². The van der Waals surface area contributed by atoms with Gasteiger partial charge in [0.15, 0.2) is 0 Å². The molecule has 0 radical (unpaired) electrons. The molecule has 1 atom stereocenters. The second kappa shape index (κ2) is 8.99. The molecule has 0 aromatic heterocycles. The molecule has 1 unspecified atom stereocenters. The Labute approximate surface area is 182 Å². The van der Waals surface area contributed by atoms with Crippen molar-refractivity contribution in [3.05, 3.63) is 82.0 Å². The molecule has 2 rings (SSSR count). The van der Waals surface area contributed by atoms with E-state index in [2.05, 4.69) is 6.58 Å². The molecular formula is C23H22ClF6N. The molecule has 0 bridgehead atoms. The van der Waals surface area contributed by atoms with Crippen LogP contribution in [0.2, 0.25) is 5.02 Å². The van der Waals surface area contributed by atoms with Crippen molar-refractivity contribution in [1.29, 1.82) is 0 Å². The summed E-state index contributed by atoms with van der Waals surface area (Å²) in [6.45, 7) is 7.39. The zero-order chi connectivity index (χ0) is 23.7. The summed E-state index contributed by atoms with van der Waals surface area (Å²) < 4.78 is 84.3. The van der Waals surface area contributed by atoms with Gasteiger partial charge in [-0.3, -0.25) is 0 Å². The minimum absolute atomic E-state index is 0.0624. The van der Waals surface area contributed by atoms with Gasteiger partial charge in [0.2, 0.25) is 0 Å². The first-order valence-corrected chi connectivity index (χ1v) is 9.63. The van der Waals surface area contributed by atoms with Gasteiger partial charge in [0.1, 0.15) is 11.7 Å². The van der Waals surface area contributed by atoms with E-state index in [-0.39, 0.29) is 21.8 Å². The van der Waals surface area contributed by atoms with E-state index in [4.69, 9.17) is 11.6 Å². The van der Waals surface area contributed by atoms with Gasteiger partial charge in [-0.1, -0.05) is 24.2 Å². The van der Waals surface area contributed by atoms with Gasteiger partial charge < -0.3 is 4.90 Å². The molecule has 168 valence electrons. The number of alkyl halides is 5. The van der Waals surface area contributed by atoms with Crippen LogP contribution in [0.4, 0.5) is 32.0 Å². The smallest absolute Gasteiger partial charge is 0.351 e. The zero-order valence-corrected chi connectivity index (χ0v) is 18.2. The molecule has 2 aromatic carbocycles. The first kappa shape index (κ1) is 24.9. The quantitative estimate of drug-likeness (QED) is 0.391. The average Bonchev–Trinajstić information content (AvgIpc) is 2.67. The second-order valence-corrected chi connectivity index (χ2v) is 7.80. The SMILES string of the molecule is C=CN(C)c1ccc(/C(F)=C/C(c2cc(C)c(C)c(Cl)c2)C(F)(F)F)cc1C(C)(F)F. The molecule has 0 saturated heterocycles. The standard InChI is InChI=1S/C23H22ClF6N/c1-6-31(5)21-8-7-15(10-18(21)22(4,26)27)20(25)12-17(23(28,29)30)16-9-13(2)14(3)19(24)11-16/h6-12,17H,1H2,2-5H3/b20-12-. The lowest BCUT2D eigenvalue weighted by Gasteiger charge is -2.23. The van der Waals surface area contributed by atoms with Gasteiger partial charge in [0.25, 0.3) is 5.92 Å². The van der Waals surface area contributed by atoms with Gasteiger partial charge in [-0.15, -0.1) is 0 Å². The molecule has 2 aromatic rings. The highest BCUT2D eigenvalue weighted by atomic mass is 35.5. The first-order valence-electron chi connectivity index (χ1n) is 9.25. The maximum Gasteiger partial charge on any atom is 0.399 e. The minimum atomic E-state index is -4.82. The molecule has 0 spiro atoms. The third-order valence-corrected chi connectivity index (χ3v) is 5.44. The van der Waals surface area contributed by atoms with Crippen molar-refractivity contribution in [3.8, 4) is 0 Å². The van der Waals surface area contributed by atoms with E-state index in [9.17, 15) is 26.3 Å². The highest BCUT2D eigenvalue weighted by Crippen LogP contribution is 2.41. The molecule has 0 heterocycles. The van der Waals surface area contributed by atoms with E-state index < -0.39 is 29.4 Å². The Kier molecular flexibility index (Phi) is 7.21. The van der Waals surface area contributed by atoms with Crippen LogP contribution in [-0.4, -0.2) is 13.2 Å². The molecule has 0 amide bonds. The van der Waals surface area contributed by atoms with E-state index in [0.717, 1.165) is 18.2 Å². The third kappa shape index (κ3) is 5.64. The van der Waals surface area contributed by atoms with Crippen LogP contribution in [-0.2, 0) is 5.92 Å². The number of halogens is 7. The number of nitrogens with zero attached hydrogens (tertiary/aromatic N) is 1. The summed E-state index contributed by atoms with van der Waals surface area (Å²) in [6.07, 6.45) is -3.15. The van der Waals surface area contributed by atoms with Gasteiger partial charge in [0.05, 0.1) is 0 Å². The molecule has 31 heavy (non-hydrogen) atoms. The fraction of sp³-hybridized carbons (Fsp3) is 0.304. The normalized spacial score (nSPS) is 13.8. The lowest BCUT2D eigenvalue weighted by Crippen LogP contribution is -2.19. The molecular weight excluding hydrogens is 440 g/mol. The minimum Gasteiger partial charge on any atom is -0.351 e. The van der Waals surface area contributed by atoms with Crippen molar-refractivity contribution in [1.82, 2.24) is 0 Å². The number of aryl methyl sites for hydroxylation is 1. The van der Waals surface area contributed by atoms with Gasteiger partial charge in [-0.25, -0.2) is 13.2 Å². The van der Waals surface area contributed by atoms with E-state index >= 15 is 0 Å². The van der Waals surface area contributed by atoms with Crippen molar-refractivity contribution in [2.45, 2.75) is 38.8 Å². The van der Waals surface area contributed by atoms with Crippen LogP contribution in [0, 0.1) is 13.8 Å². The fourth-order valence-corrected chi connectivity index (χ4v) is 3.36. The fourth-order valence-electron chi connectivity index (χ4n) is 3.09. The van der Waals surface area contributed by atoms with Crippen molar-refractivity contribution in [3.63, 3.8) is 0 Å². The number of rotatable bonds is 6. The zero-order valence-electron chi connectivity index (χ0n) is 17.4. The summed E-state index contributed by atoms with van der Waals surface area (Å²) in [7, 11) is 1.48. The van der Waals surface area contributed by atoms with E-state index in [0.29, 0.717) is 24.1 Å². The molecule has 0 fully saturated rings. The van der Waals surface area contributed by atoms with Crippen molar-refractivity contribution in [2.75, 3.05) is 11.9 Å². The topological polar surface area (TPSA) is 3.24 Å². The number of hydrogen-bond acceptors (Lipinski definition) is 1. The number of allylic oxidation sites excluding steroid dienone is 1. The lowest BCUT2D eigenvalue weighted by atomic mass is 9.93. The Hall–Kier alpha value is -2.41. The van der Waals surface area contributed by atoms with Gasteiger partial charge >= 0.3 is 6.18 Å². The van der Waals surface area contributed by atoms with Crippen molar-refractivity contribution in [2.24, 2.45) is 0 Å². The van der Waals surface area contributed by atoms with Crippen LogP contribution in [0.15, 0.2) is 49.2 Å². The first-order chi connectivity index (χ1) is 14.2. The molecule has 0 saturated carbocycles. The average molecular weight is 462 g/mol. The predicted molar refractivity (Wildman–Crippen MR) is 113 cm³/mol. The number of benzene rings is 2. The Morgan fingerprint density at radius 3 is 2.19 bits per heavy atom. The van der Waals surface area contributed by atoms with Crippen LogP contribution in [0.25, 0.3) is 5.83 Å². The van der Waals surface area contributed by atoms with E-state index in [1.54, 1.807) is 13.8 Å². The van der Waals surface area contributed by atoms with Gasteiger partial charge in [-0.2, -0.15) is 13.2 Å². The van der Waals surface area contributed by atoms with Crippen LogP contribution in [0.1, 0.15) is 40.7 Å². The van der Waals surface area contributed by atoms with Crippen molar-refractivity contribution >= 4 is 23.1 Å². The summed E-state index contributed by atoms with van der Waals surface area (Å²) in [6, 6.07) is 5.64. The maximum atomic E-state index is 14.9. The Morgan fingerprint density at radius 1 is 1.10 bits per heavy atom. The third-order valence-electron chi connectivity index (χ3n) is 5.05. The molecule has 8 heteroatoms. The predicted octanol–water partition coefficient (Wildman–Crippen LogP) is 8.30. The maximum absolute atomic E-state index is 14.9. The Balaban J connectivity index is 2.62. The summed E-state index contributed by atoms with van der Waals surface area (Å²) in [5, 5.41) is 0.128. The van der Waals surface area contributed by atoms with Crippen LogP contribution in [0.5, 0.6) is 0 Å². The summed E-state index contributed by atoms with van der Waals surface area (Å²) in [5.74, 6) is -6.92. The summed E-state index contributed by atoms with van der Waals surface area (Å²) in [5.41, 5.74) is 0.0469. The Morgan fingerprint density at radius 2 is 1.71 bits per heavy atom. The second-order valence-electron chi connectivity index (χ2n) is 7.39. The van der Waals surface area contributed by atoms with Gasteiger partial charge in [-0.05, 0) is 67.1 Å². The van der Waals surface area contributed by atoms with Crippen LogP contribution in [0.3, 0.4) is 0 Å². The molecule has 0 aliphatic rings. The Bertz CT molecular complexity index is 981. The lowest BCUT2D eigenvalue weighted by molar-refractivity contribution is -0.139. The highest BCUT2D eigenvalue weighted by Gasteiger charge is 2.40.